The molecule has 3 aromatic heterocycles. The minimum atomic E-state index is -0.986. The number of hydrogen-bond acceptors (Lipinski definition) is 6. The molecule has 0 bridgehead atoms. The van der Waals surface area contributed by atoms with Gasteiger partial charge >= 0.3 is 6.03 Å². The van der Waals surface area contributed by atoms with Crippen LogP contribution < -0.4 is 10.9 Å². The third-order valence-electron chi connectivity index (χ3n) is 4.50. The van der Waals surface area contributed by atoms with E-state index in [1.165, 1.54) is 21.1 Å². The van der Waals surface area contributed by atoms with Gasteiger partial charge in [-0.2, -0.15) is 0 Å². The van der Waals surface area contributed by atoms with E-state index in [0.29, 0.717) is 16.0 Å². The van der Waals surface area contributed by atoms with Gasteiger partial charge in [-0.3, -0.25) is 14.9 Å². The van der Waals surface area contributed by atoms with Gasteiger partial charge in [0.1, 0.15) is 16.2 Å². The third-order valence-corrected chi connectivity index (χ3v) is 6.41. The Morgan fingerprint density at radius 1 is 1.23 bits per heavy atom. The minimum Gasteiger partial charge on any atom is -0.308 e. The number of H-pyrrole nitrogens is 1. The van der Waals surface area contributed by atoms with Crippen LogP contribution in [0.2, 0.25) is 0 Å². The van der Waals surface area contributed by atoms with Crippen LogP contribution in [0, 0.1) is 6.92 Å². The lowest BCUT2D eigenvalue weighted by Gasteiger charge is -2.27. The highest BCUT2D eigenvalue weighted by Crippen LogP contribution is 2.35. The van der Waals surface area contributed by atoms with Crippen LogP contribution in [0.5, 0.6) is 0 Å². The zero-order chi connectivity index (χ0) is 18.6. The fraction of sp³-hybridized carbons (Fsp3) is 0.294. The number of rotatable bonds is 3. The van der Waals surface area contributed by atoms with Crippen LogP contribution in [0.1, 0.15) is 24.5 Å². The van der Waals surface area contributed by atoms with Crippen molar-refractivity contribution in [2.24, 2.45) is 0 Å². The number of imide groups is 1. The highest BCUT2D eigenvalue weighted by atomic mass is 32.1. The van der Waals surface area contributed by atoms with Crippen molar-refractivity contribution >= 4 is 44.8 Å². The van der Waals surface area contributed by atoms with Gasteiger partial charge in [0.15, 0.2) is 0 Å². The predicted octanol–water partition coefficient (Wildman–Crippen LogP) is 2.85. The summed E-state index contributed by atoms with van der Waals surface area (Å²) in [7, 11) is 0. The van der Waals surface area contributed by atoms with Gasteiger partial charge in [-0.05, 0) is 32.9 Å². The van der Waals surface area contributed by atoms with Crippen molar-refractivity contribution in [3.05, 3.63) is 38.6 Å². The number of aromatic amines is 1. The SMILES string of the molecule is Cc1ccc(-c2csc3nc(CN4C(=O)NC(=O)C4(C)C)[nH]c(=O)c23)s1. The number of nitrogens with one attached hydrogen (secondary N) is 2. The van der Waals surface area contributed by atoms with E-state index in [9.17, 15) is 14.4 Å². The van der Waals surface area contributed by atoms with E-state index in [0.717, 1.165) is 10.4 Å². The standard InChI is InChI=1S/C17H16N4O3S2/c1-8-4-5-10(26-8)9-7-25-14-12(9)13(22)18-11(19-14)6-21-16(24)20-15(23)17(21,2)3/h4-5,7H,6H2,1-3H3,(H,18,19,22)(H,20,23,24). The van der Waals surface area contributed by atoms with E-state index in [1.54, 1.807) is 25.2 Å². The van der Waals surface area contributed by atoms with E-state index in [-0.39, 0.29) is 18.0 Å². The maximum absolute atomic E-state index is 12.7. The summed E-state index contributed by atoms with van der Waals surface area (Å²) in [6.45, 7) is 5.40. The van der Waals surface area contributed by atoms with E-state index in [2.05, 4.69) is 15.3 Å². The Bertz CT molecular complexity index is 1110. The van der Waals surface area contributed by atoms with Gasteiger partial charge in [0.05, 0.1) is 11.9 Å². The number of nitrogens with zero attached hydrogens (tertiary/aromatic N) is 2. The molecule has 7 nitrogen and oxygen atoms in total. The van der Waals surface area contributed by atoms with Gasteiger partial charge in [-0.15, -0.1) is 22.7 Å². The summed E-state index contributed by atoms with van der Waals surface area (Å²) < 4.78 is 0. The van der Waals surface area contributed by atoms with Crippen molar-refractivity contribution in [2.45, 2.75) is 32.9 Å². The maximum atomic E-state index is 12.7. The van der Waals surface area contributed by atoms with Crippen molar-refractivity contribution in [3.63, 3.8) is 0 Å². The van der Waals surface area contributed by atoms with Crippen molar-refractivity contribution in [3.8, 4) is 10.4 Å². The molecule has 0 spiro atoms. The first-order chi connectivity index (χ1) is 12.3. The maximum Gasteiger partial charge on any atom is 0.325 e. The topological polar surface area (TPSA) is 95.2 Å². The van der Waals surface area contributed by atoms with Gasteiger partial charge in [0.25, 0.3) is 11.5 Å². The molecule has 134 valence electrons. The van der Waals surface area contributed by atoms with Crippen LogP contribution >= 0.6 is 22.7 Å². The van der Waals surface area contributed by atoms with Crippen molar-refractivity contribution < 1.29 is 9.59 Å². The number of carbonyl (C=O) groups is 2. The number of aryl methyl sites for hydroxylation is 1. The molecule has 0 aromatic carbocycles. The summed E-state index contributed by atoms with van der Waals surface area (Å²) in [5, 5.41) is 4.78. The molecule has 0 saturated carbocycles. The van der Waals surface area contributed by atoms with Crippen molar-refractivity contribution in [1.82, 2.24) is 20.2 Å². The quantitative estimate of drug-likeness (QED) is 0.675. The van der Waals surface area contributed by atoms with Crippen LogP contribution in [-0.2, 0) is 11.3 Å². The molecular weight excluding hydrogens is 372 g/mol. The first-order valence-electron chi connectivity index (χ1n) is 7.97. The number of urea groups is 1. The number of thiophene rings is 2. The van der Waals surface area contributed by atoms with Gasteiger partial charge < -0.3 is 9.88 Å². The Balaban J connectivity index is 1.74. The lowest BCUT2D eigenvalue weighted by atomic mass is 10.0. The zero-order valence-corrected chi connectivity index (χ0v) is 16.0. The monoisotopic (exact) mass is 388 g/mol. The molecule has 1 aliphatic heterocycles. The molecular formula is C17H16N4O3S2. The molecule has 9 heteroatoms. The molecule has 0 aliphatic carbocycles. The predicted molar refractivity (Wildman–Crippen MR) is 101 cm³/mol. The molecule has 0 radical (unpaired) electrons. The second kappa shape index (κ2) is 5.75. The van der Waals surface area contributed by atoms with E-state index in [4.69, 9.17) is 0 Å². The van der Waals surface area contributed by atoms with Gasteiger partial charge in [-0.25, -0.2) is 9.78 Å². The summed E-state index contributed by atoms with van der Waals surface area (Å²) in [4.78, 5) is 48.0. The molecule has 3 amide bonds. The average molecular weight is 388 g/mol. The molecule has 0 unspecified atom stereocenters. The summed E-state index contributed by atoms with van der Waals surface area (Å²) in [6, 6.07) is 3.53. The normalized spacial score (nSPS) is 16.5. The Morgan fingerprint density at radius 2 is 2.00 bits per heavy atom. The zero-order valence-electron chi connectivity index (χ0n) is 14.4. The van der Waals surface area contributed by atoms with Crippen LogP contribution in [0.4, 0.5) is 4.79 Å². The van der Waals surface area contributed by atoms with Crippen molar-refractivity contribution in [1.29, 1.82) is 0 Å². The summed E-state index contributed by atoms with van der Waals surface area (Å²) in [5.41, 5.74) is -0.353. The highest BCUT2D eigenvalue weighted by molar-refractivity contribution is 7.19. The van der Waals surface area contributed by atoms with E-state index in [1.807, 2.05) is 24.4 Å². The van der Waals surface area contributed by atoms with Crippen LogP contribution in [0.25, 0.3) is 20.7 Å². The van der Waals surface area contributed by atoms with Crippen LogP contribution in [-0.4, -0.2) is 32.3 Å². The number of amides is 3. The highest BCUT2D eigenvalue weighted by Gasteiger charge is 2.45. The summed E-state index contributed by atoms with van der Waals surface area (Å²) >= 11 is 3.02. The number of hydrogen-bond donors (Lipinski definition) is 2. The molecule has 0 atom stereocenters. The number of fused-ring (bicyclic) bond motifs is 1. The molecule has 4 rings (SSSR count). The van der Waals surface area contributed by atoms with Gasteiger partial charge in [-0.1, -0.05) is 0 Å². The average Bonchev–Trinajstić information content (AvgIpc) is 3.22. The molecule has 3 aromatic rings. The largest absolute Gasteiger partial charge is 0.325 e. The second-order valence-electron chi connectivity index (χ2n) is 6.66. The summed E-state index contributed by atoms with van der Waals surface area (Å²) in [6.07, 6.45) is 0. The first kappa shape index (κ1) is 16.9. The van der Waals surface area contributed by atoms with Crippen LogP contribution in [0.3, 0.4) is 0 Å². The lowest BCUT2D eigenvalue weighted by molar-refractivity contribution is -0.125. The molecule has 26 heavy (non-hydrogen) atoms. The Kier molecular flexibility index (Phi) is 3.74. The van der Waals surface area contributed by atoms with E-state index >= 15 is 0 Å². The smallest absolute Gasteiger partial charge is 0.308 e. The van der Waals surface area contributed by atoms with Crippen LogP contribution in [0.15, 0.2) is 22.3 Å². The fourth-order valence-electron chi connectivity index (χ4n) is 2.94. The van der Waals surface area contributed by atoms with Crippen molar-refractivity contribution in [2.75, 3.05) is 0 Å². The van der Waals surface area contributed by atoms with E-state index < -0.39 is 11.6 Å². The Hall–Kier alpha value is -2.52. The minimum absolute atomic E-state index is 0.0566. The fourth-order valence-corrected chi connectivity index (χ4v) is 4.86. The third kappa shape index (κ3) is 2.55. The lowest BCUT2D eigenvalue weighted by Crippen LogP contribution is -2.44. The molecule has 4 heterocycles. The van der Waals surface area contributed by atoms with Gasteiger partial charge in [0, 0.05) is 20.7 Å². The number of aromatic nitrogens is 2. The molecule has 2 N–H and O–H groups in total. The molecule has 1 fully saturated rings. The Morgan fingerprint density at radius 3 is 2.62 bits per heavy atom. The molecule has 1 saturated heterocycles. The summed E-state index contributed by atoms with van der Waals surface area (Å²) in [5.74, 6) is -0.00594. The second-order valence-corrected chi connectivity index (χ2v) is 8.80. The first-order valence-corrected chi connectivity index (χ1v) is 9.67. The molecule has 1 aliphatic rings. The van der Waals surface area contributed by atoms with Gasteiger partial charge in [0.2, 0.25) is 0 Å². The Labute approximate surface area is 156 Å². The number of carbonyl (C=O) groups excluding carboxylic acids is 2.